The van der Waals surface area contributed by atoms with E-state index in [1.54, 1.807) is 48.9 Å². The molecule has 0 unspecified atom stereocenters. The van der Waals surface area contributed by atoms with Gasteiger partial charge in [0.25, 0.3) is 5.91 Å². The fourth-order valence-electron chi connectivity index (χ4n) is 2.76. The van der Waals surface area contributed by atoms with Crippen LogP contribution in [0.3, 0.4) is 0 Å². The number of halogens is 2. The zero-order valence-corrected chi connectivity index (χ0v) is 19.9. The van der Waals surface area contributed by atoms with Crippen molar-refractivity contribution in [3.63, 3.8) is 0 Å². The van der Waals surface area contributed by atoms with Crippen LogP contribution in [0.15, 0.2) is 89.3 Å². The van der Waals surface area contributed by atoms with E-state index in [-0.39, 0.29) is 18.2 Å². The van der Waals surface area contributed by atoms with Crippen LogP contribution in [0.25, 0.3) is 6.08 Å². The monoisotopic (exact) mass is 559 g/mol. The number of thioether (sulfide) groups is 1. The molecule has 0 aliphatic carbocycles. The van der Waals surface area contributed by atoms with E-state index in [0.717, 1.165) is 14.5 Å². The van der Waals surface area contributed by atoms with E-state index in [4.69, 9.17) is 4.42 Å². The number of amides is 1. The highest BCUT2D eigenvalue weighted by Gasteiger charge is 2.34. The van der Waals surface area contributed by atoms with E-state index in [1.807, 2.05) is 24.3 Å². The van der Waals surface area contributed by atoms with Gasteiger partial charge in [0.05, 0.1) is 23.9 Å². The Hall–Kier alpha value is -2.62. The Balaban J connectivity index is 1.64. The van der Waals surface area contributed by atoms with Crippen molar-refractivity contribution in [2.24, 2.45) is 10.2 Å². The molecule has 1 fully saturated rings. The van der Waals surface area contributed by atoms with E-state index in [1.165, 1.54) is 16.7 Å². The van der Waals surface area contributed by atoms with Crippen molar-refractivity contribution in [3.8, 4) is 5.75 Å². The summed E-state index contributed by atoms with van der Waals surface area (Å²) >= 11 is 7.98. The standard InChI is InChI=1S/C22H15Br2N3O3S/c23-16-5-3-14(4-6-16)12-25-26-22-27(13-18-2-1-9-30-18)21(29)20(31-22)11-15-10-17(24)7-8-19(15)28/h1-12,28H,13H2/b20-11-,25-12-,26-22+. The molecule has 156 valence electrons. The molecule has 0 bridgehead atoms. The maximum absolute atomic E-state index is 13.1. The first kappa shape index (κ1) is 21.6. The van der Waals surface area contributed by atoms with Crippen molar-refractivity contribution in [1.29, 1.82) is 0 Å². The quantitative estimate of drug-likeness (QED) is 0.235. The van der Waals surface area contributed by atoms with Gasteiger partial charge in [0.15, 0.2) is 5.17 Å². The molecule has 1 aromatic heterocycles. The molecule has 0 spiro atoms. The first-order valence-electron chi connectivity index (χ1n) is 9.08. The Kier molecular flexibility index (Phi) is 6.74. The Bertz CT molecular complexity index is 1190. The number of hydrogen-bond donors (Lipinski definition) is 1. The van der Waals surface area contributed by atoms with Crippen molar-refractivity contribution in [1.82, 2.24) is 4.90 Å². The van der Waals surface area contributed by atoms with Crippen LogP contribution < -0.4 is 0 Å². The largest absolute Gasteiger partial charge is 0.507 e. The molecular formula is C22H15Br2N3O3S. The molecule has 1 saturated heterocycles. The summed E-state index contributed by atoms with van der Waals surface area (Å²) in [5.74, 6) is 0.476. The number of furan rings is 1. The summed E-state index contributed by atoms with van der Waals surface area (Å²) in [6.07, 6.45) is 4.82. The SMILES string of the molecule is O=C1/C(=C/c2cc(Br)ccc2O)S/C(=N/N=C\c2ccc(Br)cc2)N1Cc1ccco1. The minimum absolute atomic E-state index is 0.0836. The van der Waals surface area contributed by atoms with Gasteiger partial charge in [-0.3, -0.25) is 9.69 Å². The normalized spacial score (nSPS) is 16.8. The van der Waals surface area contributed by atoms with Crippen molar-refractivity contribution < 1.29 is 14.3 Å². The summed E-state index contributed by atoms with van der Waals surface area (Å²) in [6, 6.07) is 16.2. The van der Waals surface area contributed by atoms with Gasteiger partial charge in [-0.1, -0.05) is 44.0 Å². The van der Waals surface area contributed by atoms with Gasteiger partial charge in [-0.05, 0) is 65.9 Å². The van der Waals surface area contributed by atoms with Crippen LogP contribution in [0.4, 0.5) is 0 Å². The average Bonchev–Trinajstić information content (AvgIpc) is 3.36. The Morgan fingerprint density at radius 1 is 1.10 bits per heavy atom. The van der Waals surface area contributed by atoms with Crippen LogP contribution in [0, 0.1) is 0 Å². The molecule has 1 amide bonds. The second kappa shape index (κ2) is 9.67. The number of amidine groups is 1. The minimum Gasteiger partial charge on any atom is -0.507 e. The molecule has 31 heavy (non-hydrogen) atoms. The van der Waals surface area contributed by atoms with E-state index >= 15 is 0 Å². The summed E-state index contributed by atoms with van der Waals surface area (Å²) in [4.78, 5) is 15.0. The molecule has 2 aromatic carbocycles. The van der Waals surface area contributed by atoms with E-state index in [2.05, 4.69) is 42.1 Å². The van der Waals surface area contributed by atoms with Crippen molar-refractivity contribution in [2.75, 3.05) is 0 Å². The van der Waals surface area contributed by atoms with Gasteiger partial charge in [-0.25, -0.2) is 0 Å². The maximum Gasteiger partial charge on any atom is 0.267 e. The number of phenolic OH excluding ortho intramolecular Hbond substituents is 1. The third-order valence-corrected chi connectivity index (χ3v) is 6.30. The van der Waals surface area contributed by atoms with Crippen molar-refractivity contribution in [3.05, 3.63) is 91.6 Å². The lowest BCUT2D eigenvalue weighted by molar-refractivity contribution is -0.122. The number of carbonyl (C=O) groups is 1. The Morgan fingerprint density at radius 3 is 2.61 bits per heavy atom. The van der Waals surface area contributed by atoms with Gasteiger partial charge in [-0.15, -0.1) is 5.10 Å². The number of aromatic hydroxyl groups is 1. The molecule has 9 heteroatoms. The molecule has 2 heterocycles. The lowest BCUT2D eigenvalue weighted by atomic mass is 10.2. The maximum atomic E-state index is 13.1. The van der Waals surface area contributed by atoms with Crippen LogP contribution in [0.1, 0.15) is 16.9 Å². The first-order chi connectivity index (χ1) is 15.0. The number of benzene rings is 2. The van der Waals surface area contributed by atoms with Crippen molar-refractivity contribution in [2.45, 2.75) is 6.54 Å². The lowest BCUT2D eigenvalue weighted by Gasteiger charge is -2.12. The molecule has 1 N–H and O–H groups in total. The van der Waals surface area contributed by atoms with Gasteiger partial charge in [-0.2, -0.15) is 5.10 Å². The number of nitrogens with zero attached hydrogens (tertiary/aromatic N) is 3. The van der Waals surface area contributed by atoms with Gasteiger partial charge in [0.1, 0.15) is 11.5 Å². The van der Waals surface area contributed by atoms with E-state index in [0.29, 0.717) is 21.4 Å². The highest BCUT2D eigenvalue weighted by atomic mass is 79.9. The Labute approximate surface area is 199 Å². The van der Waals surface area contributed by atoms with E-state index < -0.39 is 0 Å². The smallest absolute Gasteiger partial charge is 0.267 e. The molecule has 0 atom stereocenters. The number of rotatable bonds is 5. The van der Waals surface area contributed by atoms with Crippen molar-refractivity contribution >= 4 is 67.0 Å². The zero-order chi connectivity index (χ0) is 21.8. The van der Waals surface area contributed by atoms with Gasteiger partial charge >= 0.3 is 0 Å². The minimum atomic E-state index is -0.238. The third-order valence-electron chi connectivity index (χ3n) is 4.28. The summed E-state index contributed by atoms with van der Waals surface area (Å²) in [5, 5.41) is 19.0. The Morgan fingerprint density at radius 2 is 1.87 bits per heavy atom. The lowest BCUT2D eigenvalue weighted by Crippen LogP contribution is -2.28. The topological polar surface area (TPSA) is 78.4 Å². The molecule has 0 radical (unpaired) electrons. The van der Waals surface area contributed by atoms with Gasteiger partial charge < -0.3 is 9.52 Å². The first-order valence-corrected chi connectivity index (χ1v) is 11.5. The van der Waals surface area contributed by atoms with Gasteiger partial charge in [0.2, 0.25) is 0 Å². The molecule has 0 saturated carbocycles. The van der Waals surface area contributed by atoms with Crippen LogP contribution in [0.5, 0.6) is 5.75 Å². The fraction of sp³-hybridized carbons (Fsp3) is 0.0455. The predicted octanol–water partition coefficient (Wildman–Crippen LogP) is 6.02. The summed E-state index contributed by atoms with van der Waals surface area (Å²) in [6.45, 7) is 0.229. The van der Waals surface area contributed by atoms with Crippen LogP contribution in [-0.4, -0.2) is 27.3 Å². The second-order valence-electron chi connectivity index (χ2n) is 6.46. The molecule has 1 aliphatic rings. The molecular weight excluding hydrogens is 546 g/mol. The predicted molar refractivity (Wildman–Crippen MR) is 130 cm³/mol. The van der Waals surface area contributed by atoms with Gasteiger partial charge in [0, 0.05) is 14.5 Å². The van der Waals surface area contributed by atoms with Crippen LogP contribution >= 0.6 is 43.6 Å². The fourth-order valence-corrected chi connectivity index (χ4v) is 4.33. The number of carbonyl (C=O) groups excluding carboxylic acids is 1. The average molecular weight is 561 g/mol. The highest BCUT2D eigenvalue weighted by molar-refractivity contribution is 9.10. The summed E-state index contributed by atoms with van der Waals surface area (Å²) in [7, 11) is 0. The number of hydrogen-bond acceptors (Lipinski definition) is 6. The second-order valence-corrected chi connectivity index (χ2v) is 9.30. The summed E-state index contributed by atoms with van der Waals surface area (Å²) < 4.78 is 7.17. The number of phenols is 1. The molecule has 6 nitrogen and oxygen atoms in total. The zero-order valence-electron chi connectivity index (χ0n) is 15.9. The molecule has 4 rings (SSSR count). The third kappa shape index (κ3) is 5.36. The van der Waals surface area contributed by atoms with Crippen LogP contribution in [0.2, 0.25) is 0 Å². The molecule has 1 aliphatic heterocycles. The summed E-state index contributed by atoms with van der Waals surface area (Å²) in [5.41, 5.74) is 1.41. The molecule has 3 aromatic rings. The van der Waals surface area contributed by atoms with E-state index in [9.17, 15) is 9.90 Å². The van der Waals surface area contributed by atoms with Crippen LogP contribution in [-0.2, 0) is 11.3 Å². The highest BCUT2D eigenvalue weighted by Crippen LogP contribution is 2.35.